The molecule has 0 atom stereocenters. The van der Waals surface area contributed by atoms with Gasteiger partial charge in [0, 0.05) is 0 Å². The van der Waals surface area contributed by atoms with E-state index >= 15 is 0 Å². The SMILES string of the molecule is Cc1c2ccccc2c(C)c2cc3c(cc12)=CCCC=3. The summed E-state index contributed by atoms with van der Waals surface area (Å²) in [7, 11) is 0. The maximum Gasteiger partial charge on any atom is -0.0139 e. The monoisotopic (exact) mass is 258 g/mol. The molecule has 0 unspecified atom stereocenters. The van der Waals surface area contributed by atoms with Crippen LogP contribution in [-0.2, 0) is 0 Å². The van der Waals surface area contributed by atoms with Crippen LogP contribution in [0.3, 0.4) is 0 Å². The Kier molecular flexibility index (Phi) is 2.47. The number of benzene rings is 3. The summed E-state index contributed by atoms with van der Waals surface area (Å²) in [5.74, 6) is 0. The van der Waals surface area contributed by atoms with Gasteiger partial charge in [0.25, 0.3) is 0 Å². The van der Waals surface area contributed by atoms with Crippen LogP contribution in [0.1, 0.15) is 24.0 Å². The van der Waals surface area contributed by atoms with Gasteiger partial charge in [0.15, 0.2) is 0 Å². The number of rotatable bonds is 0. The van der Waals surface area contributed by atoms with Crippen molar-refractivity contribution in [2.24, 2.45) is 0 Å². The lowest BCUT2D eigenvalue weighted by molar-refractivity contribution is 1.12. The zero-order chi connectivity index (χ0) is 13.7. The molecule has 0 aliphatic heterocycles. The van der Waals surface area contributed by atoms with Crippen LogP contribution in [0.5, 0.6) is 0 Å². The van der Waals surface area contributed by atoms with Crippen LogP contribution in [0, 0.1) is 13.8 Å². The molecule has 20 heavy (non-hydrogen) atoms. The van der Waals surface area contributed by atoms with Gasteiger partial charge in [-0.05, 0) is 81.9 Å². The molecule has 98 valence electrons. The minimum atomic E-state index is 1.17. The molecule has 0 N–H and O–H groups in total. The van der Waals surface area contributed by atoms with Crippen molar-refractivity contribution in [3.05, 3.63) is 58.0 Å². The summed E-state index contributed by atoms with van der Waals surface area (Å²) in [6.07, 6.45) is 7.09. The number of aryl methyl sites for hydroxylation is 2. The fourth-order valence-electron chi connectivity index (χ4n) is 3.51. The summed E-state index contributed by atoms with van der Waals surface area (Å²) in [6, 6.07) is 13.5. The minimum Gasteiger partial charge on any atom is -0.0763 e. The van der Waals surface area contributed by atoms with E-state index in [0.29, 0.717) is 0 Å². The molecule has 4 rings (SSSR count). The summed E-state index contributed by atoms with van der Waals surface area (Å²) >= 11 is 0. The van der Waals surface area contributed by atoms with E-state index in [1.165, 1.54) is 56.0 Å². The van der Waals surface area contributed by atoms with Crippen LogP contribution in [0.15, 0.2) is 36.4 Å². The second-order valence-electron chi connectivity index (χ2n) is 5.81. The lowest BCUT2D eigenvalue weighted by Crippen LogP contribution is -2.26. The summed E-state index contributed by atoms with van der Waals surface area (Å²) in [4.78, 5) is 0. The van der Waals surface area contributed by atoms with Crippen LogP contribution in [0.4, 0.5) is 0 Å². The summed E-state index contributed by atoms with van der Waals surface area (Å²) in [5.41, 5.74) is 2.81. The van der Waals surface area contributed by atoms with Gasteiger partial charge in [0.2, 0.25) is 0 Å². The molecule has 0 bridgehead atoms. The Morgan fingerprint density at radius 2 is 1.10 bits per heavy atom. The van der Waals surface area contributed by atoms with Gasteiger partial charge in [0.05, 0.1) is 0 Å². The standard InChI is InChI=1S/C20H18/c1-13-17-9-5-6-10-18(17)14(2)20-12-16-8-4-3-7-15(16)11-19(13)20/h5-12H,3-4H2,1-2H3. The smallest absolute Gasteiger partial charge is 0.0139 e. The molecule has 0 saturated carbocycles. The van der Waals surface area contributed by atoms with Crippen molar-refractivity contribution in [3.8, 4) is 0 Å². The van der Waals surface area contributed by atoms with E-state index in [9.17, 15) is 0 Å². The van der Waals surface area contributed by atoms with Gasteiger partial charge in [-0.1, -0.05) is 36.4 Å². The van der Waals surface area contributed by atoms with E-state index in [2.05, 4.69) is 62.4 Å². The highest BCUT2D eigenvalue weighted by Crippen LogP contribution is 2.30. The molecule has 3 aromatic rings. The lowest BCUT2D eigenvalue weighted by Gasteiger charge is -2.13. The van der Waals surface area contributed by atoms with E-state index < -0.39 is 0 Å². The van der Waals surface area contributed by atoms with Crippen LogP contribution >= 0.6 is 0 Å². The van der Waals surface area contributed by atoms with Crippen LogP contribution in [0.2, 0.25) is 0 Å². The van der Waals surface area contributed by atoms with Gasteiger partial charge < -0.3 is 0 Å². The van der Waals surface area contributed by atoms with Gasteiger partial charge >= 0.3 is 0 Å². The minimum absolute atomic E-state index is 1.17. The molecule has 1 aliphatic carbocycles. The molecular weight excluding hydrogens is 240 g/mol. The summed E-state index contributed by atoms with van der Waals surface area (Å²) in [6.45, 7) is 4.51. The molecule has 0 heterocycles. The van der Waals surface area contributed by atoms with Crippen molar-refractivity contribution in [1.29, 1.82) is 0 Å². The largest absolute Gasteiger partial charge is 0.0763 e. The van der Waals surface area contributed by atoms with Gasteiger partial charge in [-0.25, -0.2) is 0 Å². The molecule has 0 fully saturated rings. The maximum absolute atomic E-state index is 2.38. The van der Waals surface area contributed by atoms with Crippen molar-refractivity contribution in [3.63, 3.8) is 0 Å². The van der Waals surface area contributed by atoms with Crippen LogP contribution in [0.25, 0.3) is 33.7 Å². The zero-order valence-electron chi connectivity index (χ0n) is 12.0. The first kappa shape index (κ1) is 11.7. The molecule has 0 heteroatoms. The summed E-state index contributed by atoms with van der Waals surface area (Å²) < 4.78 is 0. The highest BCUT2D eigenvalue weighted by Gasteiger charge is 2.09. The Bertz CT molecular complexity index is 879. The zero-order valence-corrected chi connectivity index (χ0v) is 12.0. The number of hydrogen-bond donors (Lipinski definition) is 0. The van der Waals surface area contributed by atoms with Crippen molar-refractivity contribution < 1.29 is 0 Å². The molecule has 0 aromatic heterocycles. The van der Waals surface area contributed by atoms with E-state index in [4.69, 9.17) is 0 Å². The van der Waals surface area contributed by atoms with Gasteiger partial charge in [-0.15, -0.1) is 0 Å². The topological polar surface area (TPSA) is 0 Å². The van der Waals surface area contributed by atoms with Gasteiger partial charge in [-0.3, -0.25) is 0 Å². The lowest BCUT2D eigenvalue weighted by atomic mass is 9.91. The first-order valence-electron chi connectivity index (χ1n) is 7.38. The van der Waals surface area contributed by atoms with E-state index in [1.807, 2.05) is 0 Å². The molecule has 0 amide bonds. The number of hydrogen-bond acceptors (Lipinski definition) is 0. The highest BCUT2D eigenvalue weighted by molar-refractivity contribution is 6.05. The first-order chi connectivity index (χ1) is 9.75. The molecule has 0 radical (unpaired) electrons. The summed E-state index contributed by atoms with van der Waals surface area (Å²) in [5, 5.41) is 8.40. The molecule has 0 spiro atoms. The Morgan fingerprint density at radius 1 is 0.650 bits per heavy atom. The normalized spacial score (nSPS) is 13.9. The predicted molar refractivity (Wildman–Crippen MR) is 88.3 cm³/mol. The van der Waals surface area contributed by atoms with Crippen LogP contribution < -0.4 is 10.4 Å². The fourth-order valence-corrected chi connectivity index (χ4v) is 3.51. The average molecular weight is 258 g/mol. The Morgan fingerprint density at radius 3 is 1.55 bits per heavy atom. The highest BCUT2D eigenvalue weighted by atomic mass is 14.1. The molecule has 0 nitrogen and oxygen atoms in total. The van der Waals surface area contributed by atoms with Crippen molar-refractivity contribution in [2.45, 2.75) is 26.7 Å². The average Bonchev–Trinajstić information content (AvgIpc) is 2.51. The quantitative estimate of drug-likeness (QED) is 0.535. The molecule has 3 aromatic carbocycles. The van der Waals surface area contributed by atoms with Crippen molar-refractivity contribution in [1.82, 2.24) is 0 Å². The molecular formula is C20H18. The Labute approximate surface area is 119 Å². The molecule has 1 aliphatic rings. The Hall–Kier alpha value is -2.08. The van der Waals surface area contributed by atoms with E-state index in [0.717, 1.165) is 0 Å². The third kappa shape index (κ3) is 1.54. The van der Waals surface area contributed by atoms with Gasteiger partial charge in [0.1, 0.15) is 0 Å². The van der Waals surface area contributed by atoms with Crippen molar-refractivity contribution >= 4 is 33.7 Å². The van der Waals surface area contributed by atoms with E-state index in [-0.39, 0.29) is 0 Å². The van der Waals surface area contributed by atoms with Crippen LogP contribution in [-0.4, -0.2) is 0 Å². The van der Waals surface area contributed by atoms with Gasteiger partial charge in [-0.2, -0.15) is 0 Å². The third-order valence-electron chi connectivity index (χ3n) is 4.66. The fraction of sp³-hybridized carbons (Fsp3) is 0.200. The second-order valence-corrected chi connectivity index (χ2v) is 5.81. The molecule has 0 saturated heterocycles. The third-order valence-corrected chi connectivity index (χ3v) is 4.66. The number of fused-ring (bicyclic) bond motifs is 3. The first-order valence-corrected chi connectivity index (χ1v) is 7.38. The van der Waals surface area contributed by atoms with Crippen molar-refractivity contribution in [2.75, 3.05) is 0 Å². The predicted octanol–water partition coefficient (Wildman–Crippen LogP) is 3.96. The Balaban J connectivity index is 2.31. The maximum atomic E-state index is 2.38. The second kappa shape index (κ2) is 4.21. The van der Waals surface area contributed by atoms with E-state index in [1.54, 1.807) is 0 Å².